The highest BCUT2D eigenvalue weighted by Gasteiger charge is 2.15. The molecule has 6 nitrogen and oxygen atoms in total. The summed E-state index contributed by atoms with van der Waals surface area (Å²) >= 11 is 0. The fourth-order valence-corrected chi connectivity index (χ4v) is 2.30. The quantitative estimate of drug-likeness (QED) is 0.212. The molecule has 0 aliphatic rings. The smallest absolute Gasteiger partial charge is 0.132 e. The van der Waals surface area contributed by atoms with Crippen molar-refractivity contribution in [1.82, 2.24) is 0 Å². The fraction of sp³-hybridized carbons (Fsp3) is 0.867. The molecule has 0 aliphatic heterocycles. The second-order valence-electron chi connectivity index (χ2n) is 6.13. The van der Waals surface area contributed by atoms with Gasteiger partial charge >= 0.3 is 0 Å². The van der Waals surface area contributed by atoms with Crippen LogP contribution < -0.4 is 28.7 Å². The fourth-order valence-electron chi connectivity index (χ4n) is 2.30. The third-order valence-electron chi connectivity index (χ3n) is 3.77. The van der Waals surface area contributed by atoms with Crippen LogP contribution in [0.3, 0.4) is 0 Å². The van der Waals surface area contributed by atoms with E-state index in [1.54, 1.807) is 0 Å². The van der Waals surface area contributed by atoms with Crippen LogP contribution in [0.1, 0.15) is 57.8 Å². The summed E-state index contributed by atoms with van der Waals surface area (Å²) in [6.07, 6.45) is 8.95. The number of hydrogen-bond acceptors (Lipinski definition) is 6. The summed E-state index contributed by atoms with van der Waals surface area (Å²) in [5, 5.41) is 9.59. The Balaban J connectivity index is 3.56. The normalized spacial score (nSPS) is 17.5. The first-order chi connectivity index (χ1) is 9.76. The number of rotatable bonds is 13. The molecule has 0 saturated carbocycles. The maximum Gasteiger partial charge on any atom is 0.132 e. The first-order valence-electron chi connectivity index (χ1n) is 7.94. The van der Waals surface area contributed by atoms with Gasteiger partial charge in [-0.05, 0) is 57.4 Å². The zero-order chi connectivity index (χ0) is 16.3. The molecule has 0 rings (SSSR count). The predicted molar refractivity (Wildman–Crippen MR) is 89.0 cm³/mol. The van der Waals surface area contributed by atoms with Crippen molar-refractivity contribution in [2.75, 3.05) is 0 Å². The second-order valence-corrected chi connectivity index (χ2v) is 6.13. The van der Waals surface area contributed by atoms with Crippen molar-refractivity contribution >= 4 is 0 Å². The Morgan fingerprint density at radius 2 is 1.29 bits per heavy atom. The van der Waals surface area contributed by atoms with E-state index in [0.29, 0.717) is 6.42 Å². The van der Waals surface area contributed by atoms with E-state index in [2.05, 4.69) is 6.58 Å². The molecule has 0 fully saturated rings. The Kier molecular flexibility index (Phi) is 10.9. The van der Waals surface area contributed by atoms with Gasteiger partial charge in [0.25, 0.3) is 0 Å². The molecule has 0 aromatic heterocycles. The van der Waals surface area contributed by atoms with E-state index in [1.807, 2.05) is 0 Å². The molecule has 126 valence electrons. The highest BCUT2D eigenvalue weighted by Crippen LogP contribution is 2.13. The lowest BCUT2D eigenvalue weighted by Crippen LogP contribution is -2.37. The van der Waals surface area contributed by atoms with E-state index < -0.39 is 5.72 Å². The third-order valence-corrected chi connectivity index (χ3v) is 3.77. The largest absolute Gasteiger partial charge is 0.372 e. The molecule has 11 N–H and O–H groups in total. The summed E-state index contributed by atoms with van der Waals surface area (Å²) < 4.78 is 0. The molecule has 3 unspecified atom stereocenters. The Bertz CT molecular complexity index is 271. The number of hydrogen-bond donors (Lipinski definition) is 6. The van der Waals surface area contributed by atoms with Crippen LogP contribution >= 0.6 is 0 Å². The monoisotopic (exact) mass is 301 g/mol. The van der Waals surface area contributed by atoms with Gasteiger partial charge in [0.1, 0.15) is 5.72 Å². The van der Waals surface area contributed by atoms with E-state index in [-0.39, 0.29) is 18.2 Å². The zero-order valence-corrected chi connectivity index (χ0v) is 13.2. The molecule has 0 amide bonds. The van der Waals surface area contributed by atoms with Gasteiger partial charge in [0.05, 0.1) is 6.17 Å². The summed E-state index contributed by atoms with van der Waals surface area (Å²) in [5.74, 6) is 0. The Labute approximate surface area is 129 Å². The van der Waals surface area contributed by atoms with Crippen molar-refractivity contribution in [2.45, 2.75) is 81.8 Å². The van der Waals surface area contributed by atoms with Gasteiger partial charge in [-0.15, -0.1) is 0 Å². The first-order valence-corrected chi connectivity index (χ1v) is 7.94. The summed E-state index contributed by atoms with van der Waals surface area (Å²) in [6.45, 7) is 3.50. The second kappa shape index (κ2) is 11.1. The van der Waals surface area contributed by atoms with Crippen LogP contribution in [0.25, 0.3) is 0 Å². The highest BCUT2D eigenvalue weighted by molar-refractivity contribution is 4.90. The Morgan fingerprint density at radius 1 is 0.857 bits per heavy atom. The summed E-state index contributed by atoms with van der Waals surface area (Å²) in [4.78, 5) is 0. The average molecular weight is 301 g/mol. The lowest BCUT2D eigenvalue weighted by atomic mass is 9.98. The minimum atomic E-state index is -1.27. The molecular weight excluding hydrogens is 266 g/mol. The number of aliphatic hydroxyl groups is 1. The molecule has 0 spiro atoms. The van der Waals surface area contributed by atoms with Crippen molar-refractivity contribution in [3.8, 4) is 0 Å². The lowest BCUT2D eigenvalue weighted by Gasteiger charge is -2.19. The van der Waals surface area contributed by atoms with Gasteiger partial charge in [0.2, 0.25) is 0 Å². The van der Waals surface area contributed by atoms with Gasteiger partial charge in [-0.3, -0.25) is 0 Å². The van der Waals surface area contributed by atoms with E-state index >= 15 is 0 Å². The van der Waals surface area contributed by atoms with Crippen molar-refractivity contribution in [3.63, 3.8) is 0 Å². The molecule has 6 heteroatoms. The van der Waals surface area contributed by atoms with Gasteiger partial charge in [0.15, 0.2) is 0 Å². The SMILES string of the molecule is C=CC(N)(O)CCCC(N)CCCC(N)CCCC(N)N. The van der Waals surface area contributed by atoms with Crippen molar-refractivity contribution < 1.29 is 5.11 Å². The van der Waals surface area contributed by atoms with Gasteiger partial charge in [0, 0.05) is 12.1 Å². The van der Waals surface area contributed by atoms with Gasteiger partial charge in [-0.1, -0.05) is 13.0 Å². The average Bonchev–Trinajstić information content (AvgIpc) is 2.38. The van der Waals surface area contributed by atoms with E-state index in [9.17, 15) is 5.11 Å². The van der Waals surface area contributed by atoms with Gasteiger partial charge < -0.3 is 33.8 Å². The van der Waals surface area contributed by atoms with Crippen LogP contribution in [0, 0.1) is 0 Å². The molecule has 0 saturated heterocycles. The molecule has 0 radical (unpaired) electrons. The van der Waals surface area contributed by atoms with E-state index in [4.69, 9.17) is 28.7 Å². The lowest BCUT2D eigenvalue weighted by molar-refractivity contribution is 0.0854. The van der Waals surface area contributed by atoms with Crippen LogP contribution in [0.5, 0.6) is 0 Å². The highest BCUT2D eigenvalue weighted by atomic mass is 16.3. The maximum atomic E-state index is 9.59. The van der Waals surface area contributed by atoms with Crippen LogP contribution in [0.4, 0.5) is 0 Å². The van der Waals surface area contributed by atoms with Crippen molar-refractivity contribution in [3.05, 3.63) is 12.7 Å². The van der Waals surface area contributed by atoms with Crippen LogP contribution in [-0.4, -0.2) is 29.1 Å². The van der Waals surface area contributed by atoms with Crippen LogP contribution in [0.2, 0.25) is 0 Å². The van der Waals surface area contributed by atoms with Crippen LogP contribution in [0.15, 0.2) is 12.7 Å². The molecule has 0 aromatic carbocycles. The topological polar surface area (TPSA) is 150 Å². The standard InChI is InChI=1S/C15H35N5O/c1-2-15(20,21)11-5-9-13(17)7-3-6-12(16)8-4-10-14(18)19/h2,12-14,21H,1,3-11,16-20H2. The van der Waals surface area contributed by atoms with Crippen molar-refractivity contribution in [2.24, 2.45) is 28.7 Å². The maximum absolute atomic E-state index is 9.59. The molecule has 0 heterocycles. The first kappa shape index (κ1) is 20.5. The van der Waals surface area contributed by atoms with Crippen LogP contribution in [-0.2, 0) is 0 Å². The molecule has 0 bridgehead atoms. The predicted octanol–water partition coefficient (Wildman–Crippen LogP) is 0.229. The molecule has 0 aromatic rings. The summed E-state index contributed by atoms with van der Waals surface area (Å²) in [7, 11) is 0. The number of nitrogens with two attached hydrogens (primary N) is 5. The molecule has 0 aliphatic carbocycles. The third kappa shape index (κ3) is 12.9. The zero-order valence-electron chi connectivity index (χ0n) is 13.2. The van der Waals surface area contributed by atoms with Crippen molar-refractivity contribution in [1.29, 1.82) is 0 Å². The molecular formula is C15H35N5O. The molecule has 3 atom stereocenters. The molecule has 21 heavy (non-hydrogen) atoms. The Hall–Kier alpha value is -0.500. The van der Waals surface area contributed by atoms with E-state index in [1.165, 1.54) is 6.08 Å². The van der Waals surface area contributed by atoms with Gasteiger partial charge in [-0.25, -0.2) is 0 Å². The minimum Gasteiger partial charge on any atom is -0.372 e. The van der Waals surface area contributed by atoms with E-state index in [0.717, 1.165) is 51.4 Å². The van der Waals surface area contributed by atoms with Gasteiger partial charge in [-0.2, -0.15) is 0 Å². The summed E-state index contributed by atoms with van der Waals surface area (Å²) in [5.41, 5.74) is 27.4. The summed E-state index contributed by atoms with van der Waals surface area (Å²) in [6, 6.07) is 0.334. The minimum absolute atomic E-state index is 0.135. The Morgan fingerprint density at radius 3 is 1.71 bits per heavy atom.